The summed E-state index contributed by atoms with van der Waals surface area (Å²) in [6.45, 7) is 0.159. The summed E-state index contributed by atoms with van der Waals surface area (Å²) < 4.78 is 17.2. The van der Waals surface area contributed by atoms with Gasteiger partial charge in [0, 0.05) is 23.9 Å². The number of carbonyl (C=O) groups excluding carboxylic acids is 1. The van der Waals surface area contributed by atoms with Gasteiger partial charge < -0.3 is 0 Å². The molecular formula is C12H13ClN2O2S. The van der Waals surface area contributed by atoms with Crippen LogP contribution in [0.1, 0.15) is 10.4 Å². The molecule has 0 aliphatic carbocycles. The summed E-state index contributed by atoms with van der Waals surface area (Å²) >= 11 is 5.71. The van der Waals surface area contributed by atoms with E-state index < -0.39 is 15.8 Å². The van der Waals surface area contributed by atoms with E-state index in [0.29, 0.717) is 10.6 Å². The lowest BCUT2D eigenvalue weighted by atomic mass is 10.2. The smallest absolute Gasteiger partial charge is 0.266 e. The number of hydrogen-bond acceptors (Lipinski definition) is 2. The van der Waals surface area contributed by atoms with Gasteiger partial charge in [-0.1, -0.05) is 17.5 Å². The Bertz CT molecular complexity index is 595. The van der Waals surface area contributed by atoms with E-state index in [1.807, 2.05) is 0 Å². The van der Waals surface area contributed by atoms with Gasteiger partial charge in [0.2, 0.25) is 0 Å². The van der Waals surface area contributed by atoms with Gasteiger partial charge >= 0.3 is 0 Å². The maximum atomic E-state index is 12.1. The van der Waals surface area contributed by atoms with Crippen molar-refractivity contribution < 1.29 is 9.00 Å². The van der Waals surface area contributed by atoms with Crippen LogP contribution in [0.5, 0.6) is 0 Å². The van der Waals surface area contributed by atoms with Crippen LogP contribution in [0.3, 0.4) is 0 Å². The zero-order valence-corrected chi connectivity index (χ0v) is 11.7. The van der Waals surface area contributed by atoms with Crippen LogP contribution >= 0.6 is 11.6 Å². The highest BCUT2D eigenvalue weighted by Crippen LogP contribution is 2.11. The van der Waals surface area contributed by atoms with Crippen LogP contribution in [-0.2, 0) is 9.92 Å². The Kier molecular flexibility index (Phi) is 4.91. The number of amides is 1. The normalized spacial score (nSPS) is 13.7. The molecular weight excluding hydrogens is 272 g/mol. The molecule has 1 aromatic rings. The Morgan fingerprint density at radius 2 is 2.06 bits per heavy atom. The van der Waals surface area contributed by atoms with E-state index in [9.17, 15) is 9.00 Å². The lowest BCUT2D eigenvalue weighted by molar-refractivity contribution is 0.100. The standard InChI is InChI=1S/C12H13ClN2O2S/c1-4-9-15(2)18(3,17)14-12(16)10-5-7-11(13)8-6-10/h1,5-8H,9H2,2-3H3. The lowest BCUT2D eigenvalue weighted by Gasteiger charge is -2.14. The molecule has 0 heterocycles. The largest absolute Gasteiger partial charge is 0.286 e. The average Bonchev–Trinajstić information content (AvgIpc) is 2.29. The molecule has 0 fully saturated rings. The van der Waals surface area contributed by atoms with E-state index in [1.165, 1.54) is 22.7 Å². The summed E-state index contributed by atoms with van der Waals surface area (Å²) in [6.07, 6.45) is 6.50. The molecule has 0 N–H and O–H groups in total. The predicted molar refractivity (Wildman–Crippen MR) is 73.7 cm³/mol. The Morgan fingerprint density at radius 3 is 2.56 bits per heavy atom. The predicted octanol–water partition coefficient (Wildman–Crippen LogP) is 2.06. The van der Waals surface area contributed by atoms with Gasteiger partial charge in [0.1, 0.15) is 9.92 Å². The highest BCUT2D eigenvalue weighted by Gasteiger charge is 2.12. The minimum atomic E-state index is -2.80. The van der Waals surface area contributed by atoms with Gasteiger partial charge in [0.05, 0.1) is 6.54 Å². The maximum absolute atomic E-state index is 12.1. The molecule has 0 aromatic heterocycles. The SMILES string of the molecule is C#CCN(C)S(C)(=O)=NC(=O)c1ccc(Cl)cc1. The monoisotopic (exact) mass is 284 g/mol. The zero-order valence-electron chi connectivity index (χ0n) is 10.1. The van der Waals surface area contributed by atoms with Crippen molar-refractivity contribution in [3.63, 3.8) is 0 Å². The minimum Gasteiger partial charge on any atom is -0.266 e. The molecule has 0 bridgehead atoms. The number of rotatable bonds is 3. The molecule has 1 atom stereocenters. The van der Waals surface area contributed by atoms with E-state index in [-0.39, 0.29) is 6.54 Å². The Hall–Kier alpha value is -1.35. The van der Waals surface area contributed by atoms with Crippen LogP contribution in [0.4, 0.5) is 0 Å². The molecule has 96 valence electrons. The van der Waals surface area contributed by atoms with Crippen molar-refractivity contribution in [2.45, 2.75) is 0 Å². The number of terminal acetylenes is 1. The summed E-state index contributed by atoms with van der Waals surface area (Å²) in [5.41, 5.74) is 0.336. The van der Waals surface area contributed by atoms with Gasteiger partial charge in [-0.2, -0.15) is 0 Å². The molecule has 1 unspecified atom stereocenters. The van der Waals surface area contributed by atoms with Crippen LogP contribution in [0.15, 0.2) is 28.6 Å². The Labute approximate surface area is 112 Å². The maximum Gasteiger partial charge on any atom is 0.286 e. The molecule has 0 spiro atoms. The zero-order chi connectivity index (χ0) is 13.8. The molecule has 18 heavy (non-hydrogen) atoms. The Morgan fingerprint density at radius 1 is 1.50 bits per heavy atom. The van der Waals surface area contributed by atoms with Crippen molar-refractivity contribution in [1.29, 1.82) is 0 Å². The second-order valence-corrected chi connectivity index (χ2v) is 6.42. The van der Waals surface area contributed by atoms with Crippen molar-refractivity contribution in [2.75, 3.05) is 19.8 Å². The summed E-state index contributed by atoms with van der Waals surface area (Å²) in [5.74, 6) is 1.80. The third-order valence-corrected chi connectivity index (χ3v) is 4.28. The van der Waals surface area contributed by atoms with Crippen molar-refractivity contribution >= 4 is 27.4 Å². The molecule has 0 aliphatic heterocycles. The molecule has 0 saturated heterocycles. The first kappa shape index (κ1) is 14.7. The van der Waals surface area contributed by atoms with E-state index in [1.54, 1.807) is 19.2 Å². The minimum absolute atomic E-state index is 0.159. The molecule has 0 aliphatic rings. The number of halogens is 1. The first-order valence-corrected chi connectivity index (χ1v) is 7.29. The quantitative estimate of drug-likeness (QED) is 0.798. The number of carbonyl (C=O) groups is 1. The van der Waals surface area contributed by atoms with Crippen molar-refractivity contribution in [2.24, 2.45) is 4.36 Å². The molecule has 0 saturated carbocycles. The fraction of sp³-hybridized carbons (Fsp3) is 0.250. The number of hydrogen-bond donors (Lipinski definition) is 0. The summed E-state index contributed by atoms with van der Waals surface area (Å²) in [4.78, 5) is 11.8. The van der Waals surface area contributed by atoms with Gasteiger partial charge in [-0.15, -0.1) is 10.8 Å². The van der Waals surface area contributed by atoms with E-state index >= 15 is 0 Å². The fourth-order valence-corrected chi connectivity index (χ4v) is 2.11. The highest BCUT2D eigenvalue weighted by atomic mass is 35.5. The molecule has 1 amide bonds. The topological polar surface area (TPSA) is 49.7 Å². The van der Waals surface area contributed by atoms with Crippen LogP contribution in [0.25, 0.3) is 0 Å². The fourth-order valence-electron chi connectivity index (χ4n) is 1.12. The van der Waals surface area contributed by atoms with Gasteiger partial charge in [0.25, 0.3) is 5.91 Å². The second-order valence-electron chi connectivity index (χ2n) is 3.66. The Balaban J connectivity index is 3.02. The van der Waals surface area contributed by atoms with Crippen molar-refractivity contribution in [1.82, 2.24) is 4.31 Å². The molecule has 0 radical (unpaired) electrons. The summed E-state index contributed by atoms with van der Waals surface area (Å²) in [7, 11) is -1.24. The molecule has 4 nitrogen and oxygen atoms in total. The highest BCUT2D eigenvalue weighted by molar-refractivity contribution is 7.90. The summed E-state index contributed by atoms with van der Waals surface area (Å²) in [6, 6.07) is 6.22. The van der Waals surface area contributed by atoms with Crippen molar-refractivity contribution in [3.8, 4) is 12.3 Å². The van der Waals surface area contributed by atoms with E-state index in [2.05, 4.69) is 10.3 Å². The van der Waals surface area contributed by atoms with Crippen LogP contribution in [0.2, 0.25) is 5.02 Å². The van der Waals surface area contributed by atoms with E-state index in [4.69, 9.17) is 18.0 Å². The number of benzene rings is 1. The van der Waals surface area contributed by atoms with Gasteiger partial charge in [-0.3, -0.25) is 4.79 Å². The van der Waals surface area contributed by atoms with Crippen LogP contribution < -0.4 is 0 Å². The molecule has 1 rings (SSSR count). The second kappa shape index (κ2) is 6.01. The molecule has 6 heteroatoms. The van der Waals surface area contributed by atoms with Gasteiger partial charge in [0.15, 0.2) is 0 Å². The third-order valence-electron chi connectivity index (χ3n) is 2.24. The number of nitrogens with zero attached hydrogens (tertiary/aromatic N) is 2. The lowest BCUT2D eigenvalue weighted by Crippen LogP contribution is -2.26. The van der Waals surface area contributed by atoms with Gasteiger partial charge in [-0.05, 0) is 24.3 Å². The average molecular weight is 285 g/mol. The first-order chi connectivity index (χ1) is 8.36. The first-order valence-electron chi connectivity index (χ1n) is 5.03. The van der Waals surface area contributed by atoms with Crippen LogP contribution in [0, 0.1) is 12.3 Å². The van der Waals surface area contributed by atoms with Crippen molar-refractivity contribution in [3.05, 3.63) is 34.9 Å². The third kappa shape index (κ3) is 3.84. The van der Waals surface area contributed by atoms with Crippen LogP contribution in [-0.4, -0.2) is 34.3 Å². The van der Waals surface area contributed by atoms with Gasteiger partial charge in [-0.25, -0.2) is 8.51 Å². The molecule has 1 aromatic carbocycles. The van der Waals surface area contributed by atoms with E-state index in [0.717, 1.165) is 0 Å². The summed E-state index contributed by atoms with van der Waals surface area (Å²) in [5, 5.41) is 0.522.